The molecule has 0 aromatic carbocycles. The predicted octanol–water partition coefficient (Wildman–Crippen LogP) is 1.00. The van der Waals surface area contributed by atoms with Crippen molar-refractivity contribution >= 4 is 15.7 Å². The van der Waals surface area contributed by atoms with Crippen molar-refractivity contribution in [2.45, 2.75) is 58.0 Å². The van der Waals surface area contributed by atoms with Crippen molar-refractivity contribution < 1.29 is 13.2 Å². The number of nitrogens with zero attached hydrogens (tertiary/aromatic N) is 1. The van der Waals surface area contributed by atoms with Gasteiger partial charge in [0.15, 0.2) is 9.84 Å². The molecule has 1 rings (SSSR count). The van der Waals surface area contributed by atoms with Crippen LogP contribution in [0.2, 0.25) is 0 Å². The Kier molecular flexibility index (Phi) is 4.67. The fourth-order valence-electron chi connectivity index (χ4n) is 2.23. The fourth-order valence-corrected chi connectivity index (χ4v) is 2.60. The van der Waals surface area contributed by atoms with Gasteiger partial charge in [-0.1, -0.05) is 13.8 Å². The summed E-state index contributed by atoms with van der Waals surface area (Å²) in [7, 11) is -3.20. The molecule has 0 aromatic rings. The van der Waals surface area contributed by atoms with Gasteiger partial charge in [-0.3, -0.25) is 10.1 Å². The van der Waals surface area contributed by atoms with Crippen LogP contribution in [0.1, 0.15) is 41.0 Å². The van der Waals surface area contributed by atoms with E-state index >= 15 is 0 Å². The molecule has 1 aliphatic heterocycles. The largest absolute Gasteiger partial charge is 0.325 e. The Hall–Kier alpha value is -0.620. The Morgan fingerprint density at radius 1 is 1.37 bits per heavy atom. The molecule has 0 aliphatic carbocycles. The number of carbonyl (C=O) groups is 1. The van der Waals surface area contributed by atoms with Gasteiger partial charge in [-0.15, -0.1) is 0 Å². The van der Waals surface area contributed by atoms with Crippen LogP contribution in [0.5, 0.6) is 0 Å². The summed E-state index contributed by atoms with van der Waals surface area (Å²) in [6.07, 6.45) is 1.88. The van der Waals surface area contributed by atoms with Gasteiger partial charge in [-0.05, 0) is 33.1 Å². The van der Waals surface area contributed by atoms with Crippen LogP contribution in [0, 0.1) is 5.92 Å². The molecule has 0 spiro atoms. The van der Waals surface area contributed by atoms with Crippen LogP contribution in [-0.2, 0) is 14.6 Å². The topological polar surface area (TPSA) is 66.5 Å². The van der Waals surface area contributed by atoms with E-state index in [0.717, 1.165) is 6.42 Å². The molecular formula is C13H26N2O3S. The Morgan fingerprint density at radius 2 is 1.89 bits per heavy atom. The number of hydrogen-bond donors (Lipinski definition) is 1. The summed E-state index contributed by atoms with van der Waals surface area (Å²) < 4.78 is 22.6. The molecule has 2 unspecified atom stereocenters. The van der Waals surface area contributed by atoms with Crippen LogP contribution in [0.15, 0.2) is 0 Å². The van der Waals surface area contributed by atoms with Crippen LogP contribution in [0.3, 0.4) is 0 Å². The van der Waals surface area contributed by atoms with E-state index in [1.54, 1.807) is 18.7 Å². The van der Waals surface area contributed by atoms with Crippen molar-refractivity contribution in [2.75, 3.05) is 12.8 Å². The van der Waals surface area contributed by atoms with Crippen LogP contribution in [0.4, 0.5) is 0 Å². The molecule has 19 heavy (non-hydrogen) atoms. The van der Waals surface area contributed by atoms with Gasteiger partial charge in [0.05, 0.1) is 17.0 Å². The molecule has 0 saturated carbocycles. The second-order valence-electron chi connectivity index (χ2n) is 6.52. The van der Waals surface area contributed by atoms with Crippen molar-refractivity contribution in [3.8, 4) is 0 Å². The first-order valence-corrected chi connectivity index (χ1v) is 8.61. The van der Waals surface area contributed by atoms with Gasteiger partial charge >= 0.3 is 0 Å². The fraction of sp³-hybridized carbons (Fsp3) is 0.923. The first-order chi connectivity index (χ1) is 8.45. The molecule has 112 valence electrons. The van der Waals surface area contributed by atoms with E-state index in [1.165, 1.54) is 6.26 Å². The van der Waals surface area contributed by atoms with Crippen LogP contribution in [-0.4, -0.2) is 49.0 Å². The Balaban J connectivity index is 2.83. The van der Waals surface area contributed by atoms with E-state index in [1.807, 2.05) is 6.92 Å². The molecule has 1 aliphatic rings. The highest BCUT2D eigenvalue weighted by Gasteiger charge is 2.42. The standard InChI is InChI=1S/C13H26N2O3S/c1-9(2)7-11-12(16)15(10(3)14-11)8-13(4,5)19(6,17)18/h9-11,14H,7-8H2,1-6H3. The van der Waals surface area contributed by atoms with E-state index in [4.69, 9.17) is 0 Å². The molecule has 0 bridgehead atoms. The van der Waals surface area contributed by atoms with E-state index in [0.29, 0.717) is 5.92 Å². The van der Waals surface area contributed by atoms with E-state index < -0.39 is 14.6 Å². The molecular weight excluding hydrogens is 264 g/mol. The SMILES string of the molecule is CC(C)CC1NC(C)N(CC(C)(C)S(C)(=O)=O)C1=O. The number of amides is 1. The lowest BCUT2D eigenvalue weighted by Gasteiger charge is -2.30. The number of carbonyl (C=O) groups excluding carboxylic acids is 1. The summed E-state index contributed by atoms with van der Waals surface area (Å²) in [5.41, 5.74) is 0. The zero-order valence-electron chi connectivity index (χ0n) is 12.7. The molecule has 1 heterocycles. The average Bonchev–Trinajstić information content (AvgIpc) is 2.43. The van der Waals surface area contributed by atoms with Gasteiger partial charge in [0.2, 0.25) is 5.91 Å². The molecule has 1 fully saturated rings. The predicted molar refractivity (Wildman–Crippen MR) is 76.5 cm³/mol. The van der Waals surface area contributed by atoms with Gasteiger partial charge in [0.1, 0.15) is 0 Å². The highest BCUT2D eigenvalue weighted by molar-refractivity contribution is 7.92. The van der Waals surface area contributed by atoms with Gasteiger partial charge in [0, 0.05) is 12.8 Å². The number of hydrogen-bond acceptors (Lipinski definition) is 4. The summed E-state index contributed by atoms with van der Waals surface area (Å²) in [5.74, 6) is 0.439. The molecule has 6 heteroatoms. The minimum atomic E-state index is -3.20. The van der Waals surface area contributed by atoms with Crippen molar-refractivity contribution in [1.82, 2.24) is 10.2 Å². The lowest BCUT2D eigenvalue weighted by atomic mass is 10.0. The molecule has 2 atom stereocenters. The first-order valence-electron chi connectivity index (χ1n) is 6.72. The number of sulfone groups is 1. The summed E-state index contributed by atoms with van der Waals surface area (Å²) >= 11 is 0. The zero-order valence-corrected chi connectivity index (χ0v) is 13.5. The van der Waals surface area contributed by atoms with Crippen molar-refractivity contribution in [2.24, 2.45) is 5.92 Å². The highest BCUT2D eigenvalue weighted by atomic mass is 32.2. The Morgan fingerprint density at radius 3 is 2.32 bits per heavy atom. The van der Waals surface area contributed by atoms with Gasteiger partial charge < -0.3 is 4.90 Å². The van der Waals surface area contributed by atoms with E-state index in [2.05, 4.69) is 19.2 Å². The highest BCUT2D eigenvalue weighted by Crippen LogP contribution is 2.23. The third-order valence-electron chi connectivity index (χ3n) is 3.75. The quantitative estimate of drug-likeness (QED) is 0.820. The second-order valence-corrected chi connectivity index (χ2v) is 9.17. The van der Waals surface area contributed by atoms with Crippen molar-refractivity contribution in [3.63, 3.8) is 0 Å². The maximum Gasteiger partial charge on any atom is 0.241 e. The first kappa shape index (κ1) is 16.4. The zero-order chi connectivity index (χ0) is 15.0. The molecule has 0 aromatic heterocycles. The smallest absolute Gasteiger partial charge is 0.241 e. The monoisotopic (exact) mass is 290 g/mol. The lowest BCUT2D eigenvalue weighted by Crippen LogP contribution is -2.48. The minimum Gasteiger partial charge on any atom is -0.325 e. The summed E-state index contributed by atoms with van der Waals surface area (Å²) in [5, 5.41) is 3.24. The third kappa shape index (κ3) is 3.69. The maximum atomic E-state index is 12.3. The number of rotatable bonds is 5. The second kappa shape index (κ2) is 5.40. The Labute approximate surface area is 116 Å². The Bertz CT molecular complexity index is 443. The third-order valence-corrected chi connectivity index (χ3v) is 5.89. The van der Waals surface area contributed by atoms with Gasteiger partial charge in [0.25, 0.3) is 0 Å². The summed E-state index contributed by atoms with van der Waals surface area (Å²) in [6, 6.07) is -0.189. The summed E-state index contributed by atoms with van der Waals surface area (Å²) in [4.78, 5) is 14.0. The average molecular weight is 290 g/mol. The minimum absolute atomic E-state index is 0.0120. The van der Waals surface area contributed by atoms with E-state index in [-0.39, 0.29) is 24.7 Å². The molecule has 5 nitrogen and oxygen atoms in total. The van der Waals surface area contributed by atoms with E-state index in [9.17, 15) is 13.2 Å². The normalized spacial score (nSPS) is 25.4. The van der Waals surface area contributed by atoms with Crippen molar-refractivity contribution in [1.29, 1.82) is 0 Å². The van der Waals surface area contributed by atoms with Gasteiger partial charge in [-0.2, -0.15) is 0 Å². The lowest BCUT2D eigenvalue weighted by molar-refractivity contribution is -0.130. The number of nitrogens with one attached hydrogen (secondary N) is 1. The maximum absolute atomic E-state index is 12.3. The van der Waals surface area contributed by atoms with Crippen LogP contribution >= 0.6 is 0 Å². The van der Waals surface area contributed by atoms with Gasteiger partial charge in [-0.25, -0.2) is 8.42 Å². The van der Waals surface area contributed by atoms with Crippen molar-refractivity contribution in [3.05, 3.63) is 0 Å². The molecule has 0 radical (unpaired) electrons. The van der Waals surface area contributed by atoms with Crippen LogP contribution < -0.4 is 5.32 Å². The molecule has 1 saturated heterocycles. The van der Waals surface area contributed by atoms with Crippen LogP contribution in [0.25, 0.3) is 0 Å². The molecule has 1 amide bonds. The summed E-state index contributed by atoms with van der Waals surface area (Å²) in [6.45, 7) is 9.60. The molecule has 1 N–H and O–H groups in total.